The number of aromatic nitrogens is 1. The lowest BCUT2D eigenvalue weighted by atomic mass is 9.91. The minimum Gasteiger partial charge on any atom is -0.455 e. The topological polar surface area (TPSA) is 68.4 Å². The molecule has 0 atom stereocenters. The van der Waals surface area contributed by atoms with Gasteiger partial charge < -0.3 is 14.5 Å². The van der Waals surface area contributed by atoms with Crippen LogP contribution in [0.3, 0.4) is 0 Å². The summed E-state index contributed by atoms with van der Waals surface area (Å²) in [6.45, 7) is 9.14. The van der Waals surface area contributed by atoms with Crippen molar-refractivity contribution in [3.8, 4) is 0 Å². The van der Waals surface area contributed by atoms with E-state index < -0.39 is 17.0 Å². The van der Waals surface area contributed by atoms with Gasteiger partial charge in [-0.2, -0.15) is 0 Å². The molecule has 1 aromatic heterocycles. The molecule has 0 saturated carbocycles. The Morgan fingerprint density at radius 2 is 2.05 bits per heavy atom. The third kappa shape index (κ3) is 3.74. The van der Waals surface area contributed by atoms with Gasteiger partial charge in [0.25, 0.3) is 0 Å². The van der Waals surface area contributed by atoms with Crippen LogP contribution in [-0.4, -0.2) is 22.5 Å². The molecule has 1 aliphatic rings. The lowest BCUT2D eigenvalue weighted by Gasteiger charge is -2.18. The van der Waals surface area contributed by atoms with Crippen molar-refractivity contribution < 1.29 is 19.1 Å². The molecule has 0 amide bonds. The number of nitrogens with one attached hydrogen (secondary N) is 1. The van der Waals surface area contributed by atoms with E-state index in [2.05, 4.69) is 4.98 Å². The second-order valence-electron chi connectivity index (χ2n) is 6.89. The van der Waals surface area contributed by atoms with Gasteiger partial charge in [0.15, 0.2) is 0 Å². The number of cyclic esters (lactones) is 1. The van der Waals surface area contributed by atoms with E-state index in [0.29, 0.717) is 23.6 Å². The van der Waals surface area contributed by atoms with Gasteiger partial charge in [0.2, 0.25) is 0 Å². The van der Waals surface area contributed by atoms with Crippen LogP contribution in [0.4, 0.5) is 0 Å². The van der Waals surface area contributed by atoms with Crippen LogP contribution >= 0.6 is 0 Å². The number of ether oxygens (including phenoxy) is 2. The predicted octanol–water partition coefficient (Wildman–Crippen LogP) is 3.28. The van der Waals surface area contributed by atoms with E-state index in [1.165, 1.54) is 0 Å². The highest BCUT2D eigenvalue weighted by molar-refractivity contribution is 5.88. The maximum Gasteiger partial charge on any atom is 0.355 e. The number of aromatic amines is 1. The lowest BCUT2D eigenvalue weighted by Crippen LogP contribution is -2.24. The maximum atomic E-state index is 11.9. The van der Waals surface area contributed by atoms with E-state index in [4.69, 9.17) is 9.47 Å². The van der Waals surface area contributed by atoms with Crippen molar-refractivity contribution in [2.24, 2.45) is 5.41 Å². The molecule has 0 unspecified atom stereocenters. The molecule has 2 rings (SSSR count). The van der Waals surface area contributed by atoms with E-state index in [9.17, 15) is 9.59 Å². The van der Waals surface area contributed by atoms with Crippen molar-refractivity contribution in [3.63, 3.8) is 0 Å². The summed E-state index contributed by atoms with van der Waals surface area (Å²) in [7, 11) is 0. The molecule has 114 valence electrons. The summed E-state index contributed by atoms with van der Waals surface area (Å²) < 4.78 is 10.5. The van der Waals surface area contributed by atoms with E-state index in [1.807, 2.05) is 34.6 Å². The van der Waals surface area contributed by atoms with Crippen LogP contribution in [0.1, 0.15) is 57.2 Å². The molecule has 1 N–H and O–H groups in total. The summed E-state index contributed by atoms with van der Waals surface area (Å²) in [6.07, 6.45) is 2.28. The number of carbonyl (C=O) groups excluding carboxylic acids is 2. The average Bonchev–Trinajstić information content (AvgIpc) is 2.83. The SMILES string of the molecule is CC(C)(C)OC(=O)c1ccc(/C=C2\CC(C)(C)C(=O)O2)[nH]1. The quantitative estimate of drug-likeness (QED) is 0.849. The van der Waals surface area contributed by atoms with Gasteiger partial charge in [-0.25, -0.2) is 4.79 Å². The fourth-order valence-corrected chi connectivity index (χ4v) is 2.00. The number of carbonyl (C=O) groups is 2. The minimum atomic E-state index is -0.536. The number of allylic oxidation sites excluding steroid dienone is 1. The monoisotopic (exact) mass is 291 g/mol. The Morgan fingerprint density at radius 1 is 1.38 bits per heavy atom. The van der Waals surface area contributed by atoms with Crippen molar-refractivity contribution in [1.82, 2.24) is 4.98 Å². The molecule has 1 fully saturated rings. The number of esters is 2. The Hall–Kier alpha value is -2.04. The molecule has 2 heterocycles. The highest BCUT2D eigenvalue weighted by atomic mass is 16.6. The van der Waals surface area contributed by atoms with Gasteiger partial charge >= 0.3 is 11.9 Å². The molecule has 0 radical (unpaired) electrons. The third-order valence-electron chi connectivity index (χ3n) is 3.04. The van der Waals surface area contributed by atoms with Crippen LogP contribution in [0.15, 0.2) is 17.9 Å². The number of hydrogen-bond acceptors (Lipinski definition) is 4. The highest BCUT2D eigenvalue weighted by Gasteiger charge is 2.38. The van der Waals surface area contributed by atoms with Crippen LogP contribution in [0.2, 0.25) is 0 Å². The van der Waals surface area contributed by atoms with E-state index in [-0.39, 0.29) is 5.97 Å². The minimum absolute atomic E-state index is 0.229. The summed E-state index contributed by atoms with van der Waals surface area (Å²) in [6, 6.07) is 3.41. The Labute approximate surface area is 124 Å². The van der Waals surface area contributed by atoms with Gasteiger partial charge in [0.05, 0.1) is 5.41 Å². The molecule has 1 aliphatic heterocycles. The molecular weight excluding hydrogens is 270 g/mol. The van der Waals surface area contributed by atoms with Crippen molar-refractivity contribution >= 4 is 18.0 Å². The largest absolute Gasteiger partial charge is 0.455 e. The first-order chi connectivity index (χ1) is 9.57. The van der Waals surface area contributed by atoms with Crippen molar-refractivity contribution in [2.45, 2.75) is 46.6 Å². The molecule has 1 saturated heterocycles. The van der Waals surface area contributed by atoms with Gasteiger partial charge in [-0.05, 0) is 46.8 Å². The normalized spacial score (nSPS) is 19.7. The Balaban J connectivity index is 2.11. The molecule has 1 aromatic rings. The van der Waals surface area contributed by atoms with Crippen LogP contribution in [0, 0.1) is 5.41 Å². The summed E-state index contributed by atoms with van der Waals surface area (Å²) in [4.78, 5) is 26.5. The molecule has 0 spiro atoms. The fourth-order valence-electron chi connectivity index (χ4n) is 2.00. The maximum absolute atomic E-state index is 11.9. The lowest BCUT2D eigenvalue weighted by molar-refractivity contribution is -0.142. The van der Waals surface area contributed by atoms with Gasteiger partial charge in [-0.15, -0.1) is 0 Å². The summed E-state index contributed by atoms with van der Waals surface area (Å²) in [5.41, 5.74) is 0.0508. The van der Waals surface area contributed by atoms with Crippen LogP contribution in [0.25, 0.3) is 6.08 Å². The van der Waals surface area contributed by atoms with E-state index in [1.54, 1.807) is 18.2 Å². The van der Waals surface area contributed by atoms with Gasteiger partial charge in [0, 0.05) is 18.2 Å². The summed E-state index contributed by atoms with van der Waals surface area (Å²) in [5.74, 6) is -0.0360. The van der Waals surface area contributed by atoms with Crippen LogP contribution in [0.5, 0.6) is 0 Å². The van der Waals surface area contributed by atoms with E-state index in [0.717, 1.165) is 0 Å². The van der Waals surface area contributed by atoms with Gasteiger partial charge in [-0.3, -0.25) is 4.79 Å². The number of hydrogen-bond donors (Lipinski definition) is 1. The first kappa shape index (κ1) is 15.4. The van der Waals surface area contributed by atoms with Crippen molar-refractivity contribution in [3.05, 3.63) is 29.3 Å². The Bertz CT molecular complexity index is 602. The summed E-state index contributed by atoms with van der Waals surface area (Å²) >= 11 is 0. The summed E-state index contributed by atoms with van der Waals surface area (Å²) in [5, 5.41) is 0. The average molecular weight is 291 g/mol. The smallest absolute Gasteiger partial charge is 0.355 e. The zero-order chi connectivity index (χ0) is 15.8. The third-order valence-corrected chi connectivity index (χ3v) is 3.04. The zero-order valence-electron chi connectivity index (χ0n) is 13.1. The first-order valence-corrected chi connectivity index (χ1v) is 6.92. The van der Waals surface area contributed by atoms with Gasteiger partial charge in [0.1, 0.15) is 17.1 Å². The highest BCUT2D eigenvalue weighted by Crippen LogP contribution is 2.36. The molecule has 5 nitrogen and oxygen atoms in total. The zero-order valence-corrected chi connectivity index (χ0v) is 13.1. The predicted molar refractivity (Wildman–Crippen MR) is 78.4 cm³/mol. The first-order valence-electron chi connectivity index (χ1n) is 6.92. The molecule has 21 heavy (non-hydrogen) atoms. The Morgan fingerprint density at radius 3 is 2.57 bits per heavy atom. The molecular formula is C16H21NO4. The number of H-pyrrole nitrogens is 1. The standard InChI is InChI=1S/C16H21NO4/c1-15(2,3)21-13(18)12-7-6-10(17-12)8-11-9-16(4,5)14(19)20-11/h6-8,17H,9H2,1-5H3/b11-8+. The van der Waals surface area contributed by atoms with Gasteiger partial charge in [-0.1, -0.05) is 0 Å². The number of rotatable bonds is 2. The molecule has 5 heteroatoms. The van der Waals surface area contributed by atoms with Crippen molar-refractivity contribution in [1.29, 1.82) is 0 Å². The second-order valence-corrected chi connectivity index (χ2v) is 6.89. The second kappa shape index (κ2) is 5.06. The molecule has 0 aromatic carbocycles. The van der Waals surface area contributed by atoms with E-state index >= 15 is 0 Å². The Kier molecular flexibility index (Phi) is 3.70. The molecule has 0 bridgehead atoms. The van der Waals surface area contributed by atoms with Crippen LogP contribution < -0.4 is 0 Å². The molecule has 0 aliphatic carbocycles. The van der Waals surface area contributed by atoms with Crippen LogP contribution in [-0.2, 0) is 14.3 Å². The van der Waals surface area contributed by atoms with Crippen molar-refractivity contribution in [2.75, 3.05) is 0 Å². The fraction of sp³-hybridized carbons (Fsp3) is 0.500.